The number of hydrogen-bond donors (Lipinski definition) is 1. The average Bonchev–Trinajstić information content (AvgIpc) is 3.14. The number of aromatic nitrogens is 1. The van der Waals surface area contributed by atoms with Crippen molar-refractivity contribution in [1.29, 1.82) is 0 Å². The molecule has 0 radical (unpaired) electrons. The first kappa shape index (κ1) is 14.7. The molecule has 114 valence electrons. The van der Waals surface area contributed by atoms with E-state index in [0.29, 0.717) is 24.3 Å². The minimum absolute atomic E-state index is 0.0812. The van der Waals surface area contributed by atoms with E-state index < -0.39 is 0 Å². The Labute approximate surface area is 129 Å². The van der Waals surface area contributed by atoms with Crippen LogP contribution < -0.4 is 5.32 Å². The Balaban J connectivity index is 1.85. The number of methoxy groups -OCH3 is 1. The van der Waals surface area contributed by atoms with Gasteiger partial charge in [0.15, 0.2) is 0 Å². The summed E-state index contributed by atoms with van der Waals surface area (Å²) in [7, 11) is 1.65. The molecule has 2 heterocycles. The van der Waals surface area contributed by atoms with Crippen LogP contribution in [0.3, 0.4) is 0 Å². The van der Waals surface area contributed by atoms with Crippen molar-refractivity contribution in [3.05, 3.63) is 30.1 Å². The molecular formula is C16H22N2O2S. The van der Waals surface area contributed by atoms with Crippen LogP contribution in [0.15, 0.2) is 30.1 Å². The first-order chi connectivity index (χ1) is 10.3. The zero-order valence-corrected chi connectivity index (χ0v) is 13.2. The van der Waals surface area contributed by atoms with Crippen molar-refractivity contribution < 1.29 is 9.53 Å². The molecule has 0 spiro atoms. The molecule has 0 unspecified atom stereocenters. The van der Waals surface area contributed by atoms with E-state index in [2.05, 4.69) is 9.88 Å². The Bertz CT molecular complexity index is 524. The van der Waals surface area contributed by atoms with Gasteiger partial charge in [0.1, 0.15) is 0 Å². The van der Waals surface area contributed by atoms with E-state index in [1.165, 1.54) is 19.3 Å². The minimum atomic E-state index is 0.0812. The molecule has 1 aliphatic carbocycles. The summed E-state index contributed by atoms with van der Waals surface area (Å²) in [6, 6.07) is 4.02. The number of fused-ring (bicyclic) bond motifs is 1. The lowest BCUT2D eigenvalue weighted by Gasteiger charge is -2.25. The van der Waals surface area contributed by atoms with Crippen LogP contribution >= 0.6 is 11.8 Å². The van der Waals surface area contributed by atoms with Crippen molar-refractivity contribution >= 4 is 22.7 Å². The molecule has 1 saturated carbocycles. The maximum Gasteiger partial charge on any atom is 0.250 e. The second-order valence-electron chi connectivity index (χ2n) is 5.61. The second-order valence-corrected chi connectivity index (χ2v) is 6.83. The van der Waals surface area contributed by atoms with Gasteiger partial charge in [-0.25, -0.2) is 0 Å². The van der Waals surface area contributed by atoms with E-state index in [-0.39, 0.29) is 5.91 Å². The normalized spacial score (nSPS) is 25.0. The number of nitrogens with zero attached hydrogens (tertiary/aromatic N) is 1. The van der Waals surface area contributed by atoms with Crippen LogP contribution in [0.25, 0.3) is 5.03 Å². The Morgan fingerprint density at radius 3 is 2.90 bits per heavy atom. The van der Waals surface area contributed by atoms with Gasteiger partial charge >= 0.3 is 0 Å². The van der Waals surface area contributed by atoms with Crippen molar-refractivity contribution in [2.75, 3.05) is 20.3 Å². The molecule has 0 saturated heterocycles. The third-order valence-electron chi connectivity index (χ3n) is 4.24. The molecule has 4 nitrogen and oxygen atoms in total. The summed E-state index contributed by atoms with van der Waals surface area (Å²) in [6.45, 7) is 1.12. The lowest BCUT2D eigenvalue weighted by Crippen LogP contribution is -2.33. The maximum atomic E-state index is 12.6. The summed E-state index contributed by atoms with van der Waals surface area (Å²) in [5, 5.41) is 4.69. The highest BCUT2D eigenvalue weighted by atomic mass is 32.2. The summed E-state index contributed by atoms with van der Waals surface area (Å²) in [5.74, 6) is 0.487. The standard InChI is InChI=1S/C16H22N2O2S/c1-20-11-8-17-15(19)14-12-6-2-3-7-13(12)21-16(14)18-9-4-5-10-18/h4-5,9-10,12-13H,2-3,6-8,11H2,1H3,(H,17,19)/t12-,13+/m0/s1. The van der Waals surface area contributed by atoms with Crippen molar-refractivity contribution in [2.24, 2.45) is 5.92 Å². The Hall–Kier alpha value is -1.20. The number of amides is 1. The molecular weight excluding hydrogens is 284 g/mol. The predicted octanol–water partition coefficient (Wildman–Crippen LogP) is 2.72. The molecule has 0 aromatic carbocycles. The molecule has 2 atom stereocenters. The van der Waals surface area contributed by atoms with Crippen molar-refractivity contribution in [3.8, 4) is 0 Å². The van der Waals surface area contributed by atoms with Crippen LogP contribution in [0.1, 0.15) is 25.7 Å². The fraction of sp³-hybridized carbons (Fsp3) is 0.562. The molecule has 1 N–H and O–H groups in total. The number of rotatable bonds is 5. The summed E-state index contributed by atoms with van der Waals surface area (Å²) >= 11 is 1.88. The van der Waals surface area contributed by atoms with Gasteiger partial charge in [-0.2, -0.15) is 0 Å². The van der Waals surface area contributed by atoms with Crippen molar-refractivity contribution in [2.45, 2.75) is 30.9 Å². The van der Waals surface area contributed by atoms with Crippen molar-refractivity contribution in [1.82, 2.24) is 9.88 Å². The zero-order valence-electron chi connectivity index (χ0n) is 12.4. The number of thioether (sulfide) groups is 1. The highest BCUT2D eigenvalue weighted by Crippen LogP contribution is 2.50. The number of ether oxygens (including phenoxy) is 1. The highest BCUT2D eigenvalue weighted by Gasteiger charge is 2.40. The molecule has 1 aliphatic heterocycles. The molecule has 21 heavy (non-hydrogen) atoms. The lowest BCUT2D eigenvalue weighted by atomic mass is 9.83. The average molecular weight is 306 g/mol. The van der Waals surface area contributed by atoms with Crippen LogP contribution in [-0.2, 0) is 9.53 Å². The first-order valence-electron chi connectivity index (χ1n) is 7.62. The summed E-state index contributed by atoms with van der Waals surface area (Å²) in [4.78, 5) is 12.6. The fourth-order valence-electron chi connectivity index (χ4n) is 3.23. The Kier molecular flexibility index (Phi) is 4.70. The number of hydrogen-bond acceptors (Lipinski definition) is 3. The minimum Gasteiger partial charge on any atom is -0.383 e. The summed E-state index contributed by atoms with van der Waals surface area (Å²) in [5.41, 5.74) is 0.983. The van der Waals surface area contributed by atoms with Gasteiger partial charge in [-0.3, -0.25) is 4.79 Å². The Morgan fingerprint density at radius 2 is 2.14 bits per heavy atom. The quantitative estimate of drug-likeness (QED) is 0.851. The lowest BCUT2D eigenvalue weighted by molar-refractivity contribution is -0.118. The van der Waals surface area contributed by atoms with E-state index in [9.17, 15) is 4.79 Å². The predicted molar refractivity (Wildman–Crippen MR) is 85.9 cm³/mol. The van der Waals surface area contributed by atoms with Gasteiger partial charge in [0, 0.05) is 37.2 Å². The largest absolute Gasteiger partial charge is 0.383 e. The van der Waals surface area contributed by atoms with E-state index in [4.69, 9.17) is 4.74 Å². The van der Waals surface area contributed by atoms with Gasteiger partial charge in [0.25, 0.3) is 0 Å². The molecule has 1 fully saturated rings. The molecule has 2 aliphatic rings. The molecule has 1 amide bonds. The zero-order chi connectivity index (χ0) is 14.7. The number of carbonyl (C=O) groups is 1. The third-order valence-corrected chi connectivity index (χ3v) is 5.76. The van der Waals surface area contributed by atoms with E-state index in [0.717, 1.165) is 17.0 Å². The Morgan fingerprint density at radius 1 is 1.38 bits per heavy atom. The van der Waals surface area contributed by atoms with Gasteiger partial charge in [-0.05, 0) is 25.0 Å². The van der Waals surface area contributed by atoms with Crippen LogP contribution in [0, 0.1) is 5.92 Å². The summed E-state index contributed by atoms with van der Waals surface area (Å²) < 4.78 is 7.11. The topological polar surface area (TPSA) is 43.3 Å². The van der Waals surface area contributed by atoms with Crippen LogP contribution in [0.4, 0.5) is 0 Å². The first-order valence-corrected chi connectivity index (χ1v) is 8.50. The van der Waals surface area contributed by atoms with Crippen LogP contribution in [0.2, 0.25) is 0 Å². The van der Waals surface area contributed by atoms with E-state index in [1.807, 2.05) is 36.3 Å². The molecule has 3 rings (SSSR count). The SMILES string of the molecule is COCCNC(=O)C1=C(n2cccc2)S[C@@H]2CCCC[C@H]12. The van der Waals surface area contributed by atoms with Gasteiger partial charge in [0.2, 0.25) is 5.91 Å². The second kappa shape index (κ2) is 6.71. The number of nitrogens with one attached hydrogen (secondary N) is 1. The van der Waals surface area contributed by atoms with Crippen LogP contribution in [-0.4, -0.2) is 36.0 Å². The molecule has 0 bridgehead atoms. The molecule has 1 aromatic rings. The molecule has 1 aromatic heterocycles. The van der Waals surface area contributed by atoms with Crippen molar-refractivity contribution in [3.63, 3.8) is 0 Å². The third kappa shape index (κ3) is 3.04. The highest BCUT2D eigenvalue weighted by molar-refractivity contribution is 8.08. The van der Waals surface area contributed by atoms with Crippen LogP contribution in [0.5, 0.6) is 0 Å². The fourth-order valence-corrected chi connectivity index (χ4v) is 4.85. The summed E-state index contributed by atoms with van der Waals surface area (Å²) in [6.07, 6.45) is 8.93. The van der Waals surface area contributed by atoms with Gasteiger partial charge in [0.05, 0.1) is 17.2 Å². The van der Waals surface area contributed by atoms with Gasteiger partial charge in [-0.1, -0.05) is 12.8 Å². The van der Waals surface area contributed by atoms with Gasteiger partial charge < -0.3 is 14.6 Å². The monoisotopic (exact) mass is 306 g/mol. The molecule has 5 heteroatoms. The van der Waals surface area contributed by atoms with E-state index in [1.54, 1.807) is 7.11 Å². The number of carbonyl (C=O) groups excluding carboxylic acids is 1. The van der Waals surface area contributed by atoms with E-state index >= 15 is 0 Å². The maximum absolute atomic E-state index is 12.6. The smallest absolute Gasteiger partial charge is 0.250 e. The van der Waals surface area contributed by atoms with Gasteiger partial charge in [-0.15, -0.1) is 11.8 Å².